The van der Waals surface area contributed by atoms with Crippen LogP contribution in [0.25, 0.3) is 0 Å². The molecule has 0 radical (unpaired) electrons. The Kier molecular flexibility index (Phi) is 2.54. The fourth-order valence-electron chi connectivity index (χ4n) is 3.07. The molecule has 2 fully saturated rings. The summed E-state index contributed by atoms with van der Waals surface area (Å²) in [4.78, 5) is 11.3. The van der Waals surface area contributed by atoms with Crippen molar-refractivity contribution in [2.75, 3.05) is 0 Å². The fraction of sp³-hybridized carbons (Fsp3) is 0.917. The summed E-state index contributed by atoms with van der Waals surface area (Å²) < 4.78 is 5.47. The van der Waals surface area contributed by atoms with Crippen LogP contribution in [-0.4, -0.2) is 12.1 Å². The lowest BCUT2D eigenvalue weighted by Gasteiger charge is -2.38. The number of hydrogen-bond donors (Lipinski definition) is 0. The van der Waals surface area contributed by atoms with Crippen LogP contribution in [0.5, 0.6) is 0 Å². The topological polar surface area (TPSA) is 26.3 Å². The second kappa shape index (κ2) is 3.56. The summed E-state index contributed by atoms with van der Waals surface area (Å²) in [5.74, 6) is 2.44. The molecule has 0 amide bonds. The first-order chi connectivity index (χ1) is 6.59. The van der Waals surface area contributed by atoms with E-state index in [-0.39, 0.29) is 12.1 Å². The summed E-state index contributed by atoms with van der Waals surface area (Å²) in [6, 6.07) is 0. The normalized spacial score (nSPS) is 42.4. The minimum Gasteiger partial charge on any atom is -0.462 e. The molecule has 0 bridgehead atoms. The molecule has 4 atom stereocenters. The molecule has 1 aliphatic heterocycles. The number of carbonyl (C=O) groups is 1. The molecular formula is C12H20O2. The summed E-state index contributed by atoms with van der Waals surface area (Å²) >= 11 is 0. The fourth-order valence-corrected chi connectivity index (χ4v) is 3.07. The Hall–Kier alpha value is -0.530. The Bertz CT molecular complexity index is 234. The summed E-state index contributed by atoms with van der Waals surface area (Å²) in [7, 11) is 0. The molecule has 0 aromatic heterocycles. The first kappa shape index (κ1) is 10.0. The third-order valence-electron chi connectivity index (χ3n) is 4.06. The number of rotatable bonds is 1. The summed E-state index contributed by atoms with van der Waals surface area (Å²) in [6.45, 7) is 6.74. The van der Waals surface area contributed by atoms with Gasteiger partial charge in [-0.25, -0.2) is 0 Å². The van der Waals surface area contributed by atoms with Crippen molar-refractivity contribution in [1.82, 2.24) is 0 Å². The van der Waals surface area contributed by atoms with Crippen LogP contribution < -0.4 is 0 Å². The van der Waals surface area contributed by atoms with Gasteiger partial charge in [0.25, 0.3) is 0 Å². The molecule has 0 N–H and O–H groups in total. The predicted octanol–water partition coefficient (Wildman–Crippen LogP) is 2.62. The zero-order valence-electron chi connectivity index (χ0n) is 9.32. The number of esters is 1. The summed E-state index contributed by atoms with van der Waals surface area (Å²) in [5.41, 5.74) is 0. The van der Waals surface area contributed by atoms with E-state index in [4.69, 9.17) is 4.74 Å². The van der Waals surface area contributed by atoms with Gasteiger partial charge in [0.1, 0.15) is 6.10 Å². The van der Waals surface area contributed by atoms with Crippen LogP contribution >= 0.6 is 0 Å². The van der Waals surface area contributed by atoms with E-state index in [9.17, 15) is 4.79 Å². The SMILES string of the molecule is CC(C)[C@@H]1CC[C@@H](C)[C@@H]2CC(=O)O[C@H]21. The molecule has 1 saturated carbocycles. The van der Waals surface area contributed by atoms with Crippen LogP contribution in [0, 0.1) is 23.7 Å². The quantitative estimate of drug-likeness (QED) is 0.603. The van der Waals surface area contributed by atoms with Gasteiger partial charge in [0.2, 0.25) is 0 Å². The van der Waals surface area contributed by atoms with Gasteiger partial charge in [0.15, 0.2) is 0 Å². The Morgan fingerprint density at radius 1 is 1.36 bits per heavy atom. The van der Waals surface area contributed by atoms with Crippen LogP contribution in [0.2, 0.25) is 0 Å². The highest BCUT2D eigenvalue weighted by molar-refractivity contribution is 5.72. The van der Waals surface area contributed by atoms with E-state index in [0.29, 0.717) is 30.1 Å². The van der Waals surface area contributed by atoms with Gasteiger partial charge in [-0.1, -0.05) is 20.8 Å². The zero-order chi connectivity index (χ0) is 10.3. The van der Waals surface area contributed by atoms with E-state index in [2.05, 4.69) is 20.8 Å². The molecule has 2 nitrogen and oxygen atoms in total. The molecule has 2 aliphatic rings. The van der Waals surface area contributed by atoms with Crippen LogP contribution in [0.3, 0.4) is 0 Å². The van der Waals surface area contributed by atoms with E-state index in [1.165, 1.54) is 12.8 Å². The number of ether oxygens (including phenoxy) is 1. The highest BCUT2D eigenvalue weighted by Crippen LogP contribution is 2.44. The molecule has 0 unspecified atom stereocenters. The van der Waals surface area contributed by atoms with Crippen LogP contribution in [0.15, 0.2) is 0 Å². The molecular weight excluding hydrogens is 176 g/mol. The van der Waals surface area contributed by atoms with E-state index in [1.807, 2.05) is 0 Å². The first-order valence-electron chi connectivity index (χ1n) is 5.79. The van der Waals surface area contributed by atoms with Crippen molar-refractivity contribution < 1.29 is 9.53 Å². The van der Waals surface area contributed by atoms with Crippen molar-refractivity contribution in [3.63, 3.8) is 0 Å². The van der Waals surface area contributed by atoms with E-state index in [1.54, 1.807) is 0 Å². The van der Waals surface area contributed by atoms with Gasteiger partial charge in [-0.2, -0.15) is 0 Å². The van der Waals surface area contributed by atoms with E-state index >= 15 is 0 Å². The second-order valence-electron chi connectivity index (χ2n) is 5.28. The lowest BCUT2D eigenvalue weighted by molar-refractivity contribution is -0.145. The largest absolute Gasteiger partial charge is 0.462 e. The van der Waals surface area contributed by atoms with Crippen molar-refractivity contribution in [3.8, 4) is 0 Å². The summed E-state index contributed by atoms with van der Waals surface area (Å²) in [5, 5.41) is 0. The van der Waals surface area contributed by atoms with Gasteiger partial charge in [-0.3, -0.25) is 4.79 Å². The lowest BCUT2D eigenvalue weighted by atomic mass is 9.69. The van der Waals surface area contributed by atoms with Gasteiger partial charge < -0.3 is 4.74 Å². The molecule has 0 aromatic carbocycles. The van der Waals surface area contributed by atoms with Gasteiger partial charge >= 0.3 is 5.97 Å². The van der Waals surface area contributed by atoms with Crippen molar-refractivity contribution >= 4 is 5.97 Å². The predicted molar refractivity (Wildman–Crippen MR) is 54.7 cm³/mol. The highest BCUT2D eigenvalue weighted by Gasteiger charge is 2.46. The Morgan fingerprint density at radius 2 is 2.07 bits per heavy atom. The molecule has 2 heteroatoms. The van der Waals surface area contributed by atoms with Gasteiger partial charge in [0.05, 0.1) is 6.42 Å². The van der Waals surface area contributed by atoms with Crippen LogP contribution in [0.4, 0.5) is 0 Å². The van der Waals surface area contributed by atoms with Crippen molar-refractivity contribution in [2.45, 2.75) is 46.1 Å². The Labute approximate surface area is 86.0 Å². The van der Waals surface area contributed by atoms with E-state index < -0.39 is 0 Å². The number of hydrogen-bond acceptors (Lipinski definition) is 2. The smallest absolute Gasteiger partial charge is 0.306 e. The van der Waals surface area contributed by atoms with Crippen molar-refractivity contribution in [2.24, 2.45) is 23.7 Å². The van der Waals surface area contributed by atoms with Gasteiger partial charge in [-0.05, 0) is 30.6 Å². The van der Waals surface area contributed by atoms with Crippen LogP contribution in [0.1, 0.15) is 40.0 Å². The second-order valence-corrected chi connectivity index (χ2v) is 5.28. The molecule has 1 saturated heterocycles. The standard InChI is InChI=1S/C12H20O2/c1-7(2)9-5-4-8(3)10-6-11(13)14-12(9)10/h7-10,12H,4-6H2,1-3H3/t8-,9+,10+,12+/m1/s1. The molecule has 14 heavy (non-hydrogen) atoms. The Morgan fingerprint density at radius 3 is 2.71 bits per heavy atom. The van der Waals surface area contributed by atoms with Gasteiger partial charge in [-0.15, -0.1) is 0 Å². The minimum absolute atomic E-state index is 0.0272. The van der Waals surface area contributed by atoms with Gasteiger partial charge in [0, 0.05) is 5.92 Å². The average Bonchev–Trinajstić information content (AvgIpc) is 2.47. The maximum Gasteiger partial charge on any atom is 0.306 e. The Balaban J connectivity index is 2.14. The summed E-state index contributed by atoms with van der Waals surface area (Å²) in [6.07, 6.45) is 3.38. The molecule has 80 valence electrons. The number of fused-ring (bicyclic) bond motifs is 1. The van der Waals surface area contributed by atoms with Crippen molar-refractivity contribution in [3.05, 3.63) is 0 Å². The van der Waals surface area contributed by atoms with E-state index in [0.717, 1.165) is 0 Å². The van der Waals surface area contributed by atoms with Crippen LogP contribution in [-0.2, 0) is 9.53 Å². The zero-order valence-corrected chi connectivity index (χ0v) is 9.32. The molecule has 2 rings (SSSR count). The average molecular weight is 196 g/mol. The molecule has 1 aliphatic carbocycles. The third-order valence-corrected chi connectivity index (χ3v) is 4.06. The monoisotopic (exact) mass is 196 g/mol. The lowest BCUT2D eigenvalue weighted by Crippen LogP contribution is -2.37. The molecule has 0 spiro atoms. The van der Waals surface area contributed by atoms with Crippen molar-refractivity contribution in [1.29, 1.82) is 0 Å². The molecule has 1 heterocycles. The minimum atomic E-state index is 0.0272. The highest BCUT2D eigenvalue weighted by atomic mass is 16.6. The molecule has 0 aromatic rings. The third kappa shape index (κ3) is 1.55. The number of carbonyl (C=O) groups excluding carboxylic acids is 1. The maximum atomic E-state index is 11.3. The maximum absolute atomic E-state index is 11.3. The first-order valence-corrected chi connectivity index (χ1v) is 5.79.